The largest absolute Gasteiger partial charge is 0.495 e. The van der Waals surface area contributed by atoms with Gasteiger partial charge in [0.05, 0.1) is 7.11 Å². The molecule has 3 nitrogen and oxygen atoms in total. The van der Waals surface area contributed by atoms with Crippen LogP contribution in [0.3, 0.4) is 0 Å². The number of pyridine rings is 1. The normalized spacial score (nSPS) is 11.4. The molecule has 1 N–H and O–H groups in total. The van der Waals surface area contributed by atoms with Crippen LogP contribution < -0.4 is 10.3 Å². The number of rotatable bonds is 1. The number of hydrogen-bond acceptors (Lipinski definition) is 2. The number of alkyl halides is 3. The fourth-order valence-corrected chi connectivity index (χ4v) is 0.842. The van der Waals surface area contributed by atoms with Gasteiger partial charge in [-0.2, -0.15) is 13.2 Å². The van der Waals surface area contributed by atoms with E-state index in [2.05, 4.69) is 4.74 Å². The van der Waals surface area contributed by atoms with E-state index in [1.54, 1.807) is 4.98 Å². The molecular formula is C7H6F3NO2. The van der Waals surface area contributed by atoms with Gasteiger partial charge in [-0.3, -0.25) is 4.79 Å². The summed E-state index contributed by atoms with van der Waals surface area (Å²) in [6.45, 7) is 0. The molecule has 72 valence electrons. The number of methoxy groups -OCH3 is 1. The third kappa shape index (κ3) is 2.01. The molecule has 0 saturated heterocycles. The summed E-state index contributed by atoms with van der Waals surface area (Å²) in [5.74, 6) is -0.396. The lowest BCUT2D eigenvalue weighted by Gasteiger charge is -2.09. The summed E-state index contributed by atoms with van der Waals surface area (Å²) in [4.78, 5) is 12.3. The topological polar surface area (TPSA) is 42.1 Å². The van der Waals surface area contributed by atoms with Gasteiger partial charge < -0.3 is 9.72 Å². The zero-order chi connectivity index (χ0) is 10.1. The quantitative estimate of drug-likeness (QED) is 0.732. The first-order valence-electron chi connectivity index (χ1n) is 3.29. The molecule has 13 heavy (non-hydrogen) atoms. The number of H-pyrrole nitrogens is 1. The Morgan fingerprint density at radius 2 is 2.00 bits per heavy atom. The average Bonchev–Trinajstić information content (AvgIpc) is 2.03. The van der Waals surface area contributed by atoms with Gasteiger partial charge in [-0.05, 0) is 6.07 Å². The molecule has 1 heterocycles. The van der Waals surface area contributed by atoms with Crippen molar-refractivity contribution in [3.63, 3.8) is 0 Å². The molecule has 1 aromatic heterocycles. The Hall–Kier alpha value is -1.46. The van der Waals surface area contributed by atoms with Crippen LogP contribution in [0.2, 0.25) is 0 Å². The summed E-state index contributed by atoms with van der Waals surface area (Å²) < 4.78 is 40.9. The first-order valence-corrected chi connectivity index (χ1v) is 3.29. The van der Waals surface area contributed by atoms with Gasteiger partial charge in [0, 0.05) is 6.07 Å². The Kier molecular flexibility index (Phi) is 2.31. The summed E-state index contributed by atoms with van der Waals surface area (Å²) in [6, 6.07) is 1.94. The van der Waals surface area contributed by atoms with Crippen LogP contribution >= 0.6 is 0 Å². The highest BCUT2D eigenvalue weighted by Gasteiger charge is 2.35. The summed E-state index contributed by atoms with van der Waals surface area (Å²) >= 11 is 0. The lowest BCUT2D eigenvalue weighted by Crippen LogP contribution is -2.16. The van der Waals surface area contributed by atoms with Crippen molar-refractivity contribution < 1.29 is 17.9 Å². The van der Waals surface area contributed by atoms with Gasteiger partial charge in [-0.25, -0.2) is 0 Å². The van der Waals surface area contributed by atoms with Crippen molar-refractivity contribution in [1.29, 1.82) is 0 Å². The van der Waals surface area contributed by atoms with E-state index >= 15 is 0 Å². The van der Waals surface area contributed by atoms with Crippen molar-refractivity contribution in [3.05, 3.63) is 28.2 Å². The van der Waals surface area contributed by atoms with Crippen molar-refractivity contribution in [2.45, 2.75) is 6.18 Å². The van der Waals surface area contributed by atoms with E-state index in [4.69, 9.17) is 0 Å². The highest BCUT2D eigenvalue weighted by atomic mass is 19.4. The standard InChI is InChI=1S/C7H6F3NO2/c1-13-4-2-3-5(12)11-6(4)7(8,9)10/h2-3H,1H3,(H,11,12). The van der Waals surface area contributed by atoms with Gasteiger partial charge >= 0.3 is 6.18 Å². The second-order valence-corrected chi connectivity index (χ2v) is 2.26. The molecule has 0 saturated carbocycles. The minimum Gasteiger partial charge on any atom is -0.495 e. The molecule has 0 bridgehead atoms. The van der Waals surface area contributed by atoms with Crippen LogP contribution in [-0.2, 0) is 6.18 Å². The first kappa shape index (κ1) is 9.63. The lowest BCUT2D eigenvalue weighted by atomic mass is 10.3. The zero-order valence-electron chi connectivity index (χ0n) is 6.61. The predicted molar refractivity (Wildman–Crippen MR) is 38.6 cm³/mol. The Morgan fingerprint density at radius 3 is 2.46 bits per heavy atom. The van der Waals surface area contributed by atoms with E-state index in [9.17, 15) is 18.0 Å². The van der Waals surface area contributed by atoms with E-state index in [0.29, 0.717) is 0 Å². The molecular weight excluding hydrogens is 187 g/mol. The molecule has 1 aromatic rings. The molecule has 0 aromatic carbocycles. The number of aromatic amines is 1. The van der Waals surface area contributed by atoms with E-state index in [-0.39, 0.29) is 0 Å². The van der Waals surface area contributed by atoms with Crippen LogP contribution in [-0.4, -0.2) is 12.1 Å². The lowest BCUT2D eigenvalue weighted by molar-refractivity contribution is -0.142. The fraction of sp³-hybridized carbons (Fsp3) is 0.286. The molecule has 1 rings (SSSR count). The molecule has 6 heteroatoms. The Balaban J connectivity index is 3.32. The number of ether oxygens (including phenoxy) is 1. The molecule has 0 atom stereocenters. The number of hydrogen-bond donors (Lipinski definition) is 1. The molecule has 0 aliphatic heterocycles. The van der Waals surface area contributed by atoms with Crippen molar-refractivity contribution in [1.82, 2.24) is 4.98 Å². The highest BCUT2D eigenvalue weighted by molar-refractivity contribution is 5.28. The maximum Gasteiger partial charge on any atom is 0.435 e. The highest BCUT2D eigenvalue weighted by Crippen LogP contribution is 2.32. The van der Waals surface area contributed by atoms with Gasteiger partial charge in [0.1, 0.15) is 5.75 Å². The van der Waals surface area contributed by atoms with E-state index in [1.165, 1.54) is 0 Å². The van der Waals surface area contributed by atoms with Crippen molar-refractivity contribution in [2.24, 2.45) is 0 Å². The van der Waals surface area contributed by atoms with E-state index in [0.717, 1.165) is 19.2 Å². The summed E-state index contributed by atoms with van der Waals surface area (Å²) in [7, 11) is 1.10. The third-order valence-electron chi connectivity index (χ3n) is 1.38. The molecule has 0 fully saturated rings. The SMILES string of the molecule is COc1ccc(=O)[nH]c1C(F)(F)F. The van der Waals surface area contributed by atoms with Crippen LogP contribution in [0.5, 0.6) is 5.75 Å². The van der Waals surface area contributed by atoms with Gasteiger partial charge in [-0.1, -0.05) is 0 Å². The second-order valence-electron chi connectivity index (χ2n) is 2.26. The Morgan fingerprint density at radius 1 is 1.38 bits per heavy atom. The Labute approximate surface area is 71.2 Å². The van der Waals surface area contributed by atoms with Gasteiger partial charge in [-0.15, -0.1) is 0 Å². The summed E-state index contributed by atoms with van der Waals surface area (Å²) in [5.41, 5.74) is -1.98. The van der Waals surface area contributed by atoms with Crippen LogP contribution in [0, 0.1) is 0 Å². The van der Waals surface area contributed by atoms with Gasteiger partial charge in [0.15, 0.2) is 5.69 Å². The first-order chi connectivity index (χ1) is 5.95. The molecule has 0 amide bonds. The van der Waals surface area contributed by atoms with Crippen molar-refractivity contribution >= 4 is 0 Å². The van der Waals surface area contributed by atoms with E-state index in [1.807, 2.05) is 0 Å². The minimum atomic E-state index is -4.61. The van der Waals surface area contributed by atoms with Gasteiger partial charge in [0.25, 0.3) is 0 Å². The van der Waals surface area contributed by atoms with Crippen LogP contribution in [0.15, 0.2) is 16.9 Å². The molecule has 0 unspecified atom stereocenters. The number of halogens is 3. The smallest absolute Gasteiger partial charge is 0.435 e. The Bertz CT molecular complexity index is 355. The fourth-order valence-electron chi connectivity index (χ4n) is 0.842. The predicted octanol–water partition coefficient (Wildman–Crippen LogP) is 1.40. The average molecular weight is 193 g/mol. The second kappa shape index (κ2) is 3.12. The zero-order valence-corrected chi connectivity index (χ0v) is 6.61. The van der Waals surface area contributed by atoms with E-state index < -0.39 is 23.2 Å². The molecule has 0 aliphatic carbocycles. The number of nitrogens with one attached hydrogen (secondary N) is 1. The minimum absolute atomic E-state index is 0.396. The van der Waals surface area contributed by atoms with Crippen molar-refractivity contribution in [3.8, 4) is 5.75 Å². The molecule has 0 spiro atoms. The van der Waals surface area contributed by atoms with Crippen LogP contribution in [0.1, 0.15) is 5.69 Å². The summed E-state index contributed by atoms with van der Waals surface area (Å²) in [6.07, 6.45) is -4.61. The van der Waals surface area contributed by atoms with Crippen LogP contribution in [0.4, 0.5) is 13.2 Å². The number of aromatic nitrogens is 1. The molecule has 0 radical (unpaired) electrons. The molecule has 0 aliphatic rings. The third-order valence-corrected chi connectivity index (χ3v) is 1.38. The monoisotopic (exact) mass is 193 g/mol. The van der Waals surface area contributed by atoms with Gasteiger partial charge in [0.2, 0.25) is 5.56 Å². The van der Waals surface area contributed by atoms with Crippen LogP contribution in [0.25, 0.3) is 0 Å². The van der Waals surface area contributed by atoms with Crippen molar-refractivity contribution in [2.75, 3.05) is 7.11 Å². The maximum atomic E-state index is 12.2. The summed E-state index contributed by atoms with van der Waals surface area (Å²) in [5, 5.41) is 0. The maximum absolute atomic E-state index is 12.2.